The van der Waals surface area contributed by atoms with Gasteiger partial charge in [0, 0.05) is 20.9 Å². The molecule has 20 heavy (non-hydrogen) atoms. The summed E-state index contributed by atoms with van der Waals surface area (Å²) in [5.74, 6) is 0. The SMILES string of the molecule is CNC(C)c1ccc(Sc2ccc(C)cc2C)cc1Cl. The summed E-state index contributed by atoms with van der Waals surface area (Å²) in [6.07, 6.45) is 0. The fraction of sp³-hybridized carbons (Fsp3) is 0.294. The molecule has 0 heterocycles. The monoisotopic (exact) mass is 305 g/mol. The predicted molar refractivity (Wildman–Crippen MR) is 89.0 cm³/mol. The Morgan fingerprint density at radius 3 is 2.45 bits per heavy atom. The van der Waals surface area contributed by atoms with Gasteiger partial charge in [0.15, 0.2) is 0 Å². The van der Waals surface area contributed by atoms with Gasteiger partial charge in [-0.2, -0.15) is 0 Å². The highest BCUT2D eigenvalue weighted by atomic mass is 35.5. The van der Waals surface area contributed by atoms with E-state index in [1.807, 2.05) is 7.05 Å². The predicted octanol–water partition coefficient (Wildman–Crippen LogP) is 5.39. The van der Waals surface area contributed by atoms with Crippen LogP contribution in [0.5, 0.6) is 0 Å². The Kier molecular flexibility index (Phi) is 5.14. The van der Waals surface area contributed by atoms with Gasteiger partial charge in [0.1, 0.15) is 0 Å². The van der Waals surface area contributed by atoms with Crippen LogP contribution in [0.4, 0.5) is 0 Å². The van der Waals surface area contributed by atoms with Crippen LogP contribution in [0.2, 0.25) is 5.02 Å². The highest BCUT2D eigenvalue weighted by molar-refractivity contribution is 7.99. The Morgan fingerprint density at radius 1 is 1.10 bits per heavy atom. The first-order chi connectivity index (χ1) is 9.51. The van der Waals surface area contributed by atoms with Crippen molar-refractivity contribution >= 4 is 23.4 Å². The Balaban J connectivity index is 2.24. The van der Waals surface area contributed by atoms with Crippen LogP contribution in [0, 0.1) is 13.8 Å². The maximum Gasteiger partial charge on any atom is 0.0464 e. The number of benzene rings is 2. The second-order valence-electron chi connectivity index (χ2n) is 5.06. The van der Waals surface area contributed by atoms with E-state index in [1.54, 1.807) is 11.8 Å². The molecule has 1 atom stereocenters. The lowest BCUT2D eigenvalue weighted by atomic mass is 10.1. The van der Waals surface area contributed by atoms with Gasteiger partial charge >= 0.3 is 0 Å². The molecule has 0 aliphatic carbocycles. The molecule has 0 saturated heterocycles. The zero-order valence-corrected chi connectivity index (χ0v) is 13.9. The zero-order chi connectivity index (χ0) is 14.7. The fourth-order valence-electron chi connectivity index (χ4n) is 2.12. The van der Waals surface area contributed by atoms with Gasteiger partial charge in [-0.3, -0.25) is 0 Å². The highest BCUT2D eigenvalue weighted by Gasteiger charge is 2.09. The van der Waals surface area contributed by atoms with Crippen molar-refractivity contribution in [3.8, 4) is 0 Å². The minimum absolute atomic E-state index is 0.266. The molecular weight excluding hydrogens is 286 g/mol. The van der Waals surface area contributed by atoms with Crippen molar-refractivity contribution < 1.29 is 0 Å². The van der Waals surface area contributed by atoms with E-state index in [4.69, 9.17) is 11.6 Å². The van der Waals surface area contributed by atoms with Gasteiger partial charge in [-0.25, -0.2) is 0 Å². The third-order valence-corrected chi connectivity index (χ3v) is 4.92. The van der Waals surface area contributed by atoms with E-state index < -0.39 is 0 Å². The summed E-state index contributed by atoms with van der Waals surface area (Å²) in [5.41, 5.74) is 3.74. The molecule has 0 saturated carbocycles. The fourth-order valence-corrected chi connectivity index (χ4v) is 3.45. The molecule has 106 valence electrons. The number of halogens is 1. The summed E-state index contributed by atoms with van der Waals surface area (Å²) in [5, 5.41) is 4.04. The third kappa shape index (κ3) is 3.57. The van der Waals surface area contributed by atoms with Crippen LogP contribution in [-0.2, 0) is 0 Å². The molecule has 2 aromatic carbocycles. The molecule has 0 fully saturated rings. The van der Waals surface area contributed by atoms with Crippen LogP contribution in [0.25, 0.3) is 0 Å². The average molecular weight is 306 g/mol. The largest absolute Gasteiger partial charge is 0.313 e. The first-order valence-electron chi connectivity index (χ1n) is 6.73. The second-order valence-corrected chi connectivity index (χ2v) is 6.59. The van der Waals surface area contributed by atoms with Gasteiger partial charge in [-0.1, -0.05) is 47.1 Å². The van der Waals surface area contributed by atoms with Crippen LogP contribution in [-0.4, -0.2) is 7.05 Å². The van der Waals surface area contributed by atoms with E-state index in [-0.39, 0.29) is 6.04 Å². The molecule has 1 unspecified atom stereocenters. The molecule has 0 aromatic heterocycles. The normalized spacial score (nSPS) is 12.4. The zero-order valence-electron chi connectivity index (χ0n) is 12.3. The van der Waals surface area contributed by atoms with E-state index in [0.717, 1.165) is 10.6 Å². The molecule has 0 aliphatic heterocycles. The minimum atomic E-state index is 0.266. The molecule has 1 nitrogen and oxygen atoms in total. The standard InChI is InChI=1S/C17H20ClNS/c1-11-5-8-17(12(2)9-11)20-14-6-7-15(13(3)19-4)16(18)10-14/h5-10,13,19H,1-4H3. The van der Waals surface area contributed by atoms with Crippen LogP contribution in [0.3, 0.4) is 0 Å². The summed E-state index contributed by atoms with van der Waals surface area (Å²) in [6.45, 7) is 6.37. The van der Waals surface area contributed by atoms with Gasteiger partial charge in [0.25, 0.3) is 0 Å². The van der Waals surface area contributed by atoms with E-state index in [9.17, 15) is 0 Å². The Labute approximate surface area is 130 Å². The van der Waals surface area contributed by atoms with Crippen molar-refractivity contribution in [2.24, 2.45) is 0 Å². The number of hydrogen-bond donors (Lipinski definition) is 1. The summed E-state index contributed by atoms with van der Waals surface area (Å²) < 4.78 is 0. The van der Waals surface area contributed by atoms with Crippen LogP contribution < -0.4 is 5.32 Å². The molecular formula is C17H20ClNS. The van der Waals surface area contributed by atoms with E-state index in [0.29, 0.717) is 0 Å². The molecule has 0 amide bonds. The summed E-state index contributed by atoms with van der Waals surface area (Å²) in [6, 6.07) is 13.1. The van der Waals surface area contributed by atoms with Gasteiger partial charge in [0.05, 0.1) is 0 Å². The van der Waals surface area contributed by atoms with Crippen molar-refractivity contribution in [2.45, 2.75) is 36.6 Å². The lowest BCUT2D eigenvalue weighted by molar-refractivity contribution is 0.652. The molecule has 0 aliphatic rings. The van der Waals surface area contributed by atoms with Crippen LogP contribution in [0.15, 0.2) is 46.2 Å². The first kappa shape index (κ1) is 15.4. The molecule has 2 aromatic rings. The van der Waals surface area contributed by atoms with Gasteiger partial charge in [-0.05, 0) is 57.1 Å². The van der Waals surface area contributed by atoms with Crippen molar-refractivity contribution in [3.05, 3.63) is 58.1 Å². The smallest absolute Gasteiger partial charge is 0.0464 e. The summed E-state index contributed by atoms with van der Waals surface area (Å²) >= 11 is 8.14. The maximum absolute atomic E-state index is 6.38. The Hall–Kier alpha value is -0.960. The Morgan fingerprint density at radius 2 is 1.85 bits per heavy atom. The molecule has 1 N–H and O–H groups in total. The van der Waals surface area contributed by atoms with E-state index in [2.05, 4.69) is 62.5 Å². The molecule has 2 rings (SSSR count). The number of nitrogens with one attached hydrogen (secondary N) is 1. The molecule has 3 heteroatoms. The minimum Gasteiger partial charge on any atom is -0.313 e. The maximum atomic E-state index is 6.38. The molecule has 0 radical (unpaired) electrons. The van der Waals surface area contributed by atoms with Gasteiger partial charge in [0.2, 0.25) is 0 Å². The lowest BCUT2D eigenvalue weighted by Crippen LogP contribution is -2.12. The van der Waals surface area contributed by atoms with Crippen LogP contribution in [0.1, 0.15) is 29.7 Å². The lowest BCUT2D eigenvalue weighted by Gasteiger charge is -2.14. The molecule has 0 bridgehead atoms. The second kappa shape index (κ2) is 6.66. The van der Waals surface area contributed by atoms with Crippen molar-refractivity contribution in [1.82, 2.24) is 5.32 Å². The summed E-state index contributed by atoms with van der Waals surface area (Å²) in [4.78, 5) is 2.45. The van der Waals surface area contributed by atoms with E-state index >= 15 is 0 Å². The highest BCUT2D eigenvalue weighted by Crippen LogP contribution is 2.34. The average Bonchev–Trinajstić information content (AvgIpc) is 2.41. The van der Waals surface area contributed by atoms with Gasteiger partial charge < -0.3 is 5.32 Å². The van der Waals surface area contributed by atoms with Crippen LogP contribution >= 0.6 is 23.4 Å². The number of hydrogen-bond acceptors (Lipinski definition) is 2. The van der Waals surface area contributed by atoms with E-state index in [1.165, 1.54) is 20.9 Å². The van der Waals surface area contributed by atoms with Gasteiger partial charge in [-0.15, -0.1) is 0 Å². The first-order valence-corrected chi connectivity index (χ1v) is 7.92. The Bertz CT molecular complexity index is 610. The number of aryl methyl sites for hydroxylation is 2. The summed E-state index contributed by atoms with van der Waals surface area (Å²) in [7, 11) is 1.94. The topological polar surface area (TPSA) is 12.0 Å². The third-order valence-electron chi connectivity index (χ3n) is 3.43. The number of rotatable bonds is 4. The van der Waals surface area contributed by atoms with Crippen molar-refractivity contribution in [1.29, 1.82) is 0 Å². The van der Waals surface area contributed by atoms with Crippen molar-refractivity contribution in [3.63, 3.8) is 0 Å². The molecule has 0 spiro atoms. The quantitative estimate of drug-likeness (QED) is 0.813. The van der Waals surface area contributed by atoms with Crippen molar-refractivity contribution in [2.75, 3.05) is 7.05 Å².